The average Bonchev–Trinajstić information content (AvgIpc) is 3.40. The van der Waals surface area contributed by atoms with Crippen molar-refractivity contribution in [3.8, 4) is 0 Å². The summed E-state index contributed by atoms with van der Waals surface area (Å²) in [6, 6.07) is 6.26. The molecular weight excluding hydrogens is 424 g/mol. The van der Waals surface area contributed by atoms with Crippen molar-refractivity contribution in [3.05, 3.63) is 28.2 Å². The first-order chi connectivity index (χ1) is 13.5. The van der Waals surface area contributed by atoms with Crippen molar-refractivity contribution in [2.24, 2.45) is 5.92 Å². The van der Waals surface area contributed by atoms with Crippen LogP contribution in [0.5, 0.6) is 0 Å². The van der Waals surface area contributed by atoms with Crippen LogP contribution in [-0.4, -0.2) is 54.0 Å². The van der Waals surface area contributed by atoms with E-state index in [4.69, 9.17) is 0 Å². The van der Waals surface area contributed by atoms with Crippen LogP contribution in [-0.2, 0) is 16.0 Å². The third kappa shape index (κ3) is 2.89. The summed E-state index contributed by atoms with van der Waals surface area (Å²) < 4.78 is 1.08. The zero-order valence-electron chi connectivity index (χ0n) is 15.5. The Morgan fingerprint density at radius 2 is 2.07 bits per heavy atom. The first kappa shape index (κ1) is 18.0. The Hall–Kier alpha value is -2.09. The number of piperazine rings is 1. The second kappa shape index (κ2) is 6.47. The van der Waals surface area contributed by atoms with Gasteiger partial charge in [-0.1, -0.05) is 22.0 Å². The number of hydrogen-bond donors (Lipinski definition) is 2. The van der Waals surface area contributed by atoms with E-state index < -0.39 is 11.6 Å². The van der Waals surface area contributed by atoms with Gasteiger partial charge in [-0.3, -0.25) is 14.9 Å². The molecule has 1 unspecified atom stereocenters. The molecule has 3 aliphatic heterocycles. The van der Waals surface area contributed by atoms with Gasteiger partial charge in [0.15, 0.2) is 0 Å². The molecule has 4 aliphatic rings. The van der Waals surface area contributed by atoms with Crippen LogP contribution in [0.1, 0.15) is 31.2 Å². The van der Waals surface area contributed by atoms with E-state index in [1.54, 1.807) is 0 Å². The van der Waals surface area contributed by atoms with Crippen molar-refractivity contribution in [1.82, 2.24) is 15.5 Å². The Labute approximate surface area is 171 Å². The van der Waals surface area contributed by atoms with Gasteiger partial charge in [0.2, 0.25) is 5.91 Å². The molecule has 0 spiro atoms. The molecule has 2 N–H and O–H groups in total. The molecule has 4 amide bonds. The van der Waals surface area contributed by atoms with E-state index in [0.29, 0.717) is 25.6 Å². The summed E-state index contributed by atoms with van der Waals surface area (Å²) in [5.41, 5.74) is 1.72. The lowest BCUT2D eigenvalue weighted by atomic mass is 9.87. The zero-order chi connectivity index (χ0) is 19.5. The number of anilines is 1. The fourth-order valence-corrected chi connectivity index (χ4v) is 5.36. The molecule has 8 heteroatoms. The van der Waals surface area contributed by atoms with Gasteiger partial charge in [-0.2, -0.15) is 0 Å². The van der Waals surface area contributed by atoms with E-state index in [-0.39, 0.29) is 24.2 Å². The minimum atomic E-state index is -0.884. The second-order valence-corrected chi connectivity index (χ2v) is 9.23. The van der Waals surface area contributed by atoms with Crippen LogP contribution in [0.2, 0.25) is 0 Å². The molecule has 2 saturated heterocycles. The van der Waals surface area contributed by atoms with Crippen molar-refractivity contribution >= 4 is 39.5 Å². The average molecular weight is 447 g/mol. The maximum atomic E-state index is 12.9. The number of urea groups is 1. The quantitative estimate of drug-likeness (QED) is 0.690. The Morgan fingerprint density at radius 3 is 2.79 bits per heavy atom. The molecule has 0 aromatic heterocycles. The zero-order valence-corrected chi connectivity index (χ0v) is 17.1. The van der Waals surface area contributed by atoms with Gasteiger partial charge < -0.3 is 15.1 Å². The molecule has 148 valence electrons. The Balaban J connectivity index is 1.23. The third-order valence-electron chi connectivity index (χ3n) is 6.62. The fraction of sp³-hybridized carbons (Fsp3) is 0.550. The summed E-state index contributed by atoms with van der Waals surface area (Å²) in [4.78, 5) is 41.2. The van der Waals surface area contributed by atoms with Crippen LogP contribution >= 0.6 is 15.9 Å². The van der Waals surface area contributed by atoms with Gasteiger partial charge in [0.25, 0.3) is 5.91 Å². The molecule has 5 rings (SSSR count). The molecule has 0 radical (unpaired) electrons. The van der Waals surface area contributed by atoms with E-state index in [2.05, 4.69) is 49.7 Å². The normalized spacial score (nSPS) is 28.7. The highest BCUT2D eigenvalue weighted by molar-refractivity contribution is 9.10. The number of carbonyl (C=O) groups is 3. The predicted molar refractivity (Wildman–Crippen MR) is 107 cm³/mol. The number of nitrogens with one attached hydrogen (secondary N) is 2. The van der Waals surface area contributed by atoms with Gasteiger partial charge in [0.1, 0.15) is 5.54 Å². The highest BCUT2D eigenvalue weighted by Gasteiger charge is 2.55. The number of fused-ring (bicyclic) bond motifs is 3. The lowest BCUT2D eigenvalue weighted by Crippen LogP contribution is -2.54. The molecule has 0 bridgehead atoms. The Bertz CT molecular complexity index is 871. The van der Waals surface area contributed by atoms with E-state index >= 15 is 0 Å². The molecule has 3 fully saturated rings. The van der Waals surface area contributed by atoms with Gasteiger partial charge in [0.05, 0.1) is 6.04 Å². The summed E-state index contributed by atoms with van der Waals surface area (Å²) in [6.45, 7) is 2.22. The topological polar surface area (TPSA) is 81.8 Å². The lowest BCUT2D eigenvalue weighted by molar-refractivity contribution is -0.133. The lowest BCUT2D eigenvalue weighted by Gasteiger charge is -2.39. The molecule has 3 heterocycles. The van der Waals surface area contributed by atoms with Crippen molar-refractivity contribution in [1.29, 1.82) is 0 Å². The summed E-state index contributed by atoms with van der Waals surface area (Å²) in [5, 5.41) is 5.16. The van der Waals surface area contributed by atoms with E-state index in [1.165, 1.54) is 11.3 Å². The van der Waals surface area contributed by atoms with Gasteiger partial charge in [0, 0.05) is 36.2 Å². The number of amides is 4. The number of hydrogen-bond acceptors (Lipinski definition) is 4. The highest BCUT2D eigenvalue weighted by Crippen LogP contribution is 2.44. The SMILES string of the molecule is O=C1NC(=O)[C@](CCC(=O)N2CCN3c4cc(Br)ccc4CC3C2)(C2CC2)N1. The van der Waals surface area contributed by atoms with E-state index in [0.717, 1.165) is 30.3 Å². The summed E-state index contributed by atoms with van der Waals surface area (Å²) in [5.74, 6) is -0.0356. The van der Waals surface area contributed by atoms with Crippen LogP contribution in [0.3, 0.4) is 0 Å². The van der Waals surface area contributed by atoms with E-state index in [9.17, 15) is 14.4 Å². The summed E-state index contributed by atoms with van der Waals surface area (Å²) in [6.07, 6.45) is 3.48. The fourth-order valence-electron chi connectivity index (χ4n) is 5.02. The minimum absolute atomic E-state index is 0.0748. The minimum Gasteiger partial charge on any atom is -0.364 e. The first-order valence-corrected chi connectivity index (χ1v) is 10.7. The second-order valence-electron chi connectivity index (χ2n) is 8.32. The molecule has 7 nitrogen and oxygen atoms in total. The molecular formula is C20H23BrN4O3. The maximum absolute atomic E-state index is 12.9. The van der Waals surface area contributed by atoms with Gasteiger partial charge in [-0.25, -0.2) is 4.79 Å². The summed E-state index contributed by atoms with van der Waals surface area (Å²) in [7, 11) is 0. The molecule has 1 aliphatic carbocycles. The van der Waals surface area contributed by atoms with Crippen molar-refractivity contribution in [2.45, 2.75) is 43.7 Å². The number of rotatable bonds is 4. The largest absolute Gasteiger partial charge is 0.364 e. The molecule has 28 heavy (non-hydrogen) atoms. The van der Waals surface area contributed by atoms with Crippen LogP contribution in [0.25, 0.3) is 0 Å². The molecule has 2 atom stereocenters. The third-order valence-corrected chi connectivity index (χ3v) is 7.12. The van der Waals surface area contributed by atoms with Gasteiger partial charge in [-0.05, 0) is 49.3 Å². The number of halogens is 1. The van der Waals surface area contributed by atoms with Crippen LogP contribution < -0.4 is 15.5 Å². The monoisotopic (exact) mass is 446 g/mol. The van der Waals surface area contributed by atoms with Crippen LogP contribution in [0.15, 0.2) is 22.7 Å². The smallest absolute Gasteiger partial charge is 0.322 e. The molecule has 1 aromatic carbocycles. The number of carbonyl (C=O) groups excluding carboxylic acids is 3. The highest BCUT2D eigenvalue weighted by atomic mass is 79.9. The Kier molecular flexibility index (Phi) is 4.15. The predicted octanol–water partition coefficient (Wildman–Crippen LogP) is 1.79. The van der Waals surface area contributed by atoms with Gasteiger partial charge in [-0.15, -0.1) is 0 Å². The Morgan fingerprint density at radius 1 is 1.25 bits per heavy atom. The standard InChI is InChI=1S/C20H23BrN4O3/c21-14-4-1-12-9-15-11-24(7-8-25(15)16(12)10-14)17(26)5-6-20(13-2-3-13)18(27)22-19(28)23-20/h1,4,10,13,15H,2-3,5-9,11H2,(H2,22,23,27,28)/t15?,20-/m0/s1. The molecule has 1 saturated carbocycles. The van der Waals surface area contributed by atoms with Gasteiger partial charge >= 0.3 is 6.03 Å². The number of imide groups is 1. The van der Waals surface area contributed by atoms with Crippen molar-refractivity contribution in [3.63, 3.8) is 0 Å². The maximum Gasteiger partial charge on any atom is 0.322 e. The van der Waals surface area contributed by atoms with Crippen LogP contribution in [0.4, 0.5) is 10.5 Å². The number of nitrogens with zero attached hydrogens (tertiary/aromatic N) is 2. The van der Waals surface area contributed by atoms with Crippen molar-refractivity contribution < 1.29 is 14.4 Å². The summed E-state index contributed by atoms with van der Waals surface area (Å²) >= 11 is 3.55. The van der Waals surface area contributed by atoms with Crippen LogP contribution in [0, 0.1) is 5.92 Å². The first-order valence-electron chi connectivity index (χ1n) is 9.93. The van der Waals surface area contributed by atoms with Crippen molar-refractivity contribution in [2.75, 3.05) is 24.5 Å². The van der Waals surface area contributed by atoms with E-state index in [1.807, 2.05) is 4.90 Å². The number of benzene rings is 1. The molecule has 1 aromatic rings.